The number of sulfonamides is 1. The highest BCUT2D eigenvalue weighted by molar-refractivity contribution is 7.89. The first-order valence-electron chi connectivity index (χ1n) is 10.0. The number of carbonyl (C=O) groups is 1. The SMILES string of the molecule is Cc1ccc(C)c(S(=O)(=O)N2CC[NH+](CC(=O)N3C[C@@H](C)O[C@H](C)C3)CC2)c1. The van der Waals surface area contributed by atoms with Gasteiger partial charge in [0.25, 0.3) is 5.91 Å². The van der Waals surface area contributed by atoms with Crippen molar-refractivity contribution in [3.63, 3.8) is 0 Å². The van der Waals surface area contributed by atoms with E-state index in [0.717, 1.165) is 16.0 Å². The van der Waals surface area contributed by atoms with Gasteiger partial charge in [0.05, 0.1) is 43.3 Å². The summed E-state index contributed by atoms with van der Waals surface area (Å²) >= 11 is 0. The average molecular weight is 411 g/mol. The minimum atomic E-state index is -3.49. The van der Waals surface area contributed by atoms with E-state index in [-0.39, 0.29) is 18.1 Å². The van der Waals surface area contributed by atoms with Crippen molar-refractivity contribution in [1.29, 1.82) is 0 Å². The van der Waals surface area contributed by atoms with E-state index in [9.17, 15) is 13.2 Å². The second-order valence-corrected chi connectivity index (χ2v) is 10.1. The second-order valence-electron chi connectivity index (χ2n) is 8.16. The Morgan fingerprint density at radius 1 is 1.14 bits per heavy atom. The summed E-state index contributed by atoms with van der Waals surface area (Å²) in [6.07, 6.45) is 0.115. The highest BCUT2D eigenvalue weighted by atomic mass is 32.2. The molecule has 2 atom stereocenters. The van der Waals surface area contributed by atoms with Gasteiger partial charge in [0, 0.05) is 13.1 Å². The lowest BCUT2D eigenvalue weighted by Crippen LogP contribution is -3.15. The Morgan fingerprint density at radius 2 is 1.75 bits per heavy atom. The molecule has 2 heterocycles. The van der Waals surface area contributed by atoms with Crippen LogP contribution in [0.15, 0.2) is 23.1 Å². The van der Waals surface area contributed by atoms with Crippen LogP contribution in [0.4, 0.5) is 0 Å². The number of aryl methyl sites for hydroxylation is 2. The van der Waals surface area contributed by atoms with Crippen LogP contribution >= 0.6 is 0 Å². The number of nitrogens with one attached hydrogen (secondary N) is 1. The first kappa shape index (κ1) is 21.2. The maximum atomic E-state index is 13.0. The van der Waals surface area contributed by atoms with E-state index in [1.165, 1.54) is 0 Å². The molecule has 0 saturated carbocycles. The third-order valence-electron chi connectivity index (χ3n) is 5.56. The Balaban J connectivity index is 1.58. The summed E-state index contributed by atoms with van der Waals surface area (Å²) in [7, 11) is -3.49. The van der Waals surface area contributed by atoms with Gasteiger partial charge in [0.15, 0.2) is 6.54 Å². The Morgan fingerprint density at radius 3 is 2.36 bits per heavy atom. The molecule has 7 nitrogen and oxygen atoms in total. The van der Waals surface area contributed by atoms with Crippen molar-refractivity contribution >= 4 is 15.9 Å². The molecule has 0 bridgehead atoms. The van der Waals surface area contributed by atoms with Crippen LogP contribution in [0, 0.1) is 13.8 Å². The molecular weight excluding hydrogens is 378 g/mol. The van der Waals surface area contributed by atoms with E-state index in [4.69, 9.17) is 4.74 Å². The molecule has 0 aliphatic carbocycles. The lowest BCUT2D eigenvalue weighted by molar-refractivity contribution is -0.896. The van der Waals surface area contributed by atoms with Crippen LogP contribution in [-0.2, 0) is 19.6 Å². The Bertz CT molecular complexity index is 809. The lowest BCUT2D eigenvalue weighted by Gasteiger charge is -2.37. The lowest BCUT2D eigenvalue weighted by atomic mass is 10.2. The van der Waals surface area contributed by atoms with Crippen molar-refractivity contribution in [3.05, 3.63) is 29.3 Å². The molecule has 0 unspecified atom stereocenters. The van der Waals surface area contributed by atoms with Gasteiger partial charge in [-0.2, -0.15) is 4.31 Å². The first-order chi connectivity index (χ1) is 13.2. The van der Waals surface area contributed by atoms with Gasteiger partial charge in [0.2, 0.25) is 10.0 Å². The number of nitrogens with zero attached hydrogens (tertiary/aromatic N) is 2. The van der Waals surface area contributed by atoms with Gasteiger partial charge in [-0.15, -0.1) is 0 Å². The molecular formula is C20H32N3O4S+. The molecule has 0 radical (unpaired) electrons. The van der Waals surface area contributed by atoms with E-state index in [2.05, 4.69) is 0 Å². The summed E-state index contributed by atoms with van der Waals surface area (Å²) in [6.45, 7) is 11.5. The van der Waals surface area contributed by atoms with Crippen LogP contribution in [0.5, 0.6) is 0 Å². The van der Waals surface area contributed by atoms with E-state index < -0.39 is 10.0 Å². The number of rotatable bonds is 4. The Hall–Kier alpha value is -1.48. The van der Waals surface area contributed by atoms with Gasteiger partial charge in [-0.3, -0.25) is 4.79 Å². The van der Waals surface area contributed by atoms with Crippen LogP contribution < -0.4 is 4.90 Å². The predicted octanol–water partition coefficient (Wildman–Crippen LogP) is -0.172. The van der Waals surface area contributed by atoms with Gasteiger partial charge < -0.3 is 14.5 Å². The van der Waals surface area contributed by atoms with Crippen molar-refractivity contribution in [3.8, 4) is 0 Å². The monoisotopic (exact) mass is 410 g/mol. The molecule has 2 aliphatic heterocycles. The molecule has 8 heteroatoms. The van der Waals surface area contributed by atoms with Crippen LogP contribution in [0.1, 0.15) is 25.0 Å². The van der Waals surface area contributed by atoms with Crippen LogP contribution in [0.3, 0.4) is 0 Å². The topological polar surface area (TPSA) is 71.4 Å². The van der Waals surface area contributed by atoms with Crippen molar-refractivity contribution in [2.75, 3.05) is 45.8 Å². The zero-order valence-electron chi connectivity index (χ0n) is 17.3. The highest BCUT2D eigenvalue weighted by Gasteiger charge is 2.34. The van der Waals surface area contributed by atoms with E-state index in [1.54, 1.807) is 10.4 Å². The molecule has 0 spiro atoms. The minimum absolute atomic E-state index is 0.0576. The fourth-order valence-electron chi connectivity index (χ4n) is 4.05. The smallest absolute Gasteiger partial charge is 0.277 e. The normalized spacial score (nSPS) is 25.1. The summed E-state index contributed by atoms with van der Waals surface area (Å²) in [4.78, 5) is 16.1. The number of benzene rings is 1. The summed E-state index contributed by atoms with van der Waals surface area (Å²) in [5.74, 6) is 0.128. The van der Waals surface area contributed by atoms with E-state index in [1.807, 2.05) is 44.7 Å². The zero-order chi connectivity index (χ0) is 20.5. The molecule has 156 valence electrons. The summed E-state index contributed by atoms with van der Waals surface area (Å²) in [6, 6.07) is 5.52. The number of piperazine rings is 1. The average Bonchev–Trinajstić information content (AvgIpc) is 2.63. The maximum Gasteiger partial charge on any atom is 0.277 e. The third-order valence-corrected chi connectivity index (χ3v) is 7.61. The van der Waals surface area contributed by atoms with Crippen molar-refractivity contribution in [1.82, 2.24) is 9.21 Å². The zero-order valence-corrected chi connectivity index (χ0v) is 18.1. The van der Waals surface area contributed by atoms with Crippen LogP contribution in [0.2, 0.25) is 0 Å². The standard InChI is InChI=1S/C20H31N3O4S/c1-15-5-6-16(2)19(11-15)28(25,26)23-9-7-21(8-10-23)14-20(24)22-12-17(3)27-18(4)13-22/h5-6,11,17-18H,7-10,12-14H2,1-4H3/p+1/t17-,18-/m1/s1. The molecule has 0 aromatic heterocycles. The number of hydrogen-bond donors (Lipinski definition) is 1. The number of ether oxygens (including phenoxy) is 1. The van der Waals surface area contributed by atoms with Crippen LogP contribution in [0.25, 0.3) is 0 Å². The molecule has 2 aliphatic rings. The fraction of sp³-hybridized carbons (Fsp3) is 0.650. The van der Waals surface area contributed by atoms with Crippen molar-refractivity contribution < 1.29 is 22.8 Å². The summed E-state index contributed by atoms with van der Waals surface area (Å²) in [5, 5.41) is 0. The van der Waals surface area contributed by atoms with Gasteiger partial charge in [-0.05, 0) is 44.9 Å². The van der Waals surface area contributed by atoms with Gasteiger partial charge in [-0.1, -0.05) is 12.1 Å². The minimum Gasteiger partial charge on any atom is -0.372 e. The number of amides is 1. The number of carbonyl (C=O) groups excluding carboxylic acids is 1. The Kier molecular flexibility index (Phi) is 6.44. The van der Waals surface area contributed by atoms with Crippen molar-refractivity contribution in [2.24, 2.45) is 0 Å². The molecule has 3 rings (SSSR count). The molecule has 1 aromatic carbocycles. The van der Waals surface area contributed by atoms with Gasteiger partial charge >= 0.3 is 0 Å². The number of quaternary nitrogens is 1. The maximum absolute atomic E-state index is 13.0. The van der Waals surface area contributed by atoms with Crippen LogP contribution in [-0.4, -0.2) is 81.6 Å². The highest BCUT2D eigenvalue weighted by Crippen LogP contribution is 2.21. The third kappa shape index (κ3) is 4.74. The predicted molar refractivity (Wildman–Crippen MR) is 107 cm³/mol. The fourth-order valence-corrected chi connectivity index (χ4v) is 5.80. The molecule has 1 aromatic rings. The summed E-state index contributed by atoms with van der Waals surface area (Å²) in [5.41, 5.74) is 1.71. The largest absolute Gasteiger partial charge is 0.372 e. The Labute approximate surface area is 168 Å². The number of hydrogen-bond acceptors (Lipinski definition) is 4. The number of morpholine rings is 1. The second kappa shape index (κ2) is 8.49. The van der Waals surface area contributed by atoms with Gasteiger partial charge in [-0.25, -0.2) is 8.42 Å². The molecule has 28 heavy (non-hydrogen) atoms. The quantitative estimate of drug-likeness (QED) is 0.748. The molecule has 1 N–H and O–H groups in total. The molecule has 2 saturated heterocycles. The molecule has 1 amide bonds. The van der Waals surface area contributed by atoms with Crippen molar-refractivity contribution in [2.45, 2.75) is 44.8 Å². The van der Waals surface area contributed by atoms with E-state index in [0.29, 0.717) is 50.7 Å². The van der Waals surface area contributed by atoms with Gasteiger partial charge in [0.1, 0.15) is 0 Å². The molecule has 2 fully saturated rings. The first-order valence-corrected chi connectivity index (χ1v) is 11.4. The summed E-state index contributed by atoms with van der Waals surface area (Å²) < 4.78 is 33.3. The van der Waals surface area contributed by atoms with E-state index >= 15 is 0 Å².